The quantitative estimate of drug-likeness (QED) is 0.655. The topological polar surface area (TPSA) is 101 Å². The Morgan fingerprint density at radius 1 is 1.10 bits per heavy atom. The largest absolute Gasteiger partial charge is 0.378 e. The molecule has 1 aromatic rings. The fraction of sp³-hybridized carbons (Fsp3) is 0.524. The molecule has 3 amide bonds. The van der Waals surface area contributed by atoms with E-state index in [1.807, 2.05) is 24.3 Å². The molecule has 2 atom stereocenters. The summed E-state index contributed by atoms with van der Waals surface area (Å²) in [6.07, 6.45) is 8.60. The molecule has 8 heteroatoms. The standard InChI is InChI=1S/C21H28N4O4/c26-19(24-15-16-4-3-8-22-14-16)7-9-23-20(27)17-5-1-2-6-18(17)21(28)25-10-12-29-13-11-25/h1-4,8,14,17-18H,5-7,9-13,15H2,(H,23,27)(H,24,26)/t17-,18-/m1/s1. The summed E-state index contributed by atoms with van der Waals surface area (Å²) in [6.45, 7) is 2.88. The lowest BCUT2D eigenvalue weighted by Gasteiger charge is -2.34. The highest BCUT2D eigenvalue weighted by molar-refractivity contribution is 5.88. The van der Waals surface area contributed by atoms with Crippen LogP contribution in [0.2, 0.25) is 0 Å². The molecule has 156 valence electrons. The number of hydrogen-bond donors (Lipinski definition) is 2. The van der Waals surface area contributed by atoms with Crippen LogP contribution in [-0.2, 0) is 25.7 Å². The SMILES string of the molecule is O=C(CCNC(=O)[C@@H]1CC=CC[C@H]1C(=O)N1CCOCC1)NCc1cccnc1. The molecule has 0 saturated carbocycles. The van der Waals surface area contributed by atoms with Gasteiger partial charge in [0, 0.05) is 45.0 Å². The molecular weight excluding hydrogens is 372 g/mol. The molecular formula is C21H28N4O4. The molecule has 2 heterocycles. The van der Waals surface area contributed by atoms with Crippen molar-refractivity contribution >= 4 is 17.7 Å². The first-order valence-corrected chi connectivity index (χ1v) is 10.1. The minimum Gasteiger partial charge on any atom is -0.378 e. The molecule has 1 saturated heterocycles. The van der Waals surface area contributed by atoms with E-state index in [2.05, 4.69) is 15.6 Å². The molecule has 1 fully saturated rings. The van der Waals surface area contributed by atoms with Crippen LogP contribution in [0, 0.1) is 11.8 Å². The summed E-state index contributed by atoms with van der Waals surface area (Å²) in [6, 6.07) is 3.70. The third-order valence-electron chi connectivity index (χ3n) is 5.27. The number of carbonyl (C=O) groups is 3. The van der Waals surface area contributed by atoms with Crippen LogP contribution in [-0.4, -0.2) is 60.5 Å². The maximum Gasteiger partial charge on any atom is 0.226 e. The Morgan fingerprint density at radius 2 is 1.86 bits per heavy atom. The van der Waals surface area contributed by atoms with Crippen LogP contribution in [0.3, 0.4) is 0 Å². The first-order chi connectivity index (χ1) is 14.1. The molecule has 1 aromatic heterocycles. The molecule has 0 bridgehead atoms. The average Bonchev–Trinajstić information content (AvgIpc) is 2.78. The third kappa shape index (κ3) is 6.12. The van der Waals surface area contributed by atoms with E-state index in [0.717, 1.165) is 5.56 Å². The van der Waals surface area contributed by atoms with E-state index in [0.29, 0.717) is 45.7 Å². The second-order valence-corrected chi connectivity index (χ2v) is 7.27. The lowest BCUT2D eigenvalue weighted by Crippen LogP contribution is -2.48. The number of nitrogens with one attached hydrogen (secondary N) is 2. The maximum atomic E-state index is 12.9. The van der Waals surface area contributed by atoms with Crippen molar-refractivity contribution in [3.8, 4) is 0 Å². The summed E-state index contributed by atoms with van der Waals surface area (Å²) >= 11 is 0. The smallest absolute Gasteiger partial charge is 0.226 e. The number of allylic oxidation sites excluding steroid dienone is 2. The fourth-order valence-electron chi connectivity index (χ4n) is 3.62. The summed E-state index contributed by atoms with van der Waals surface area (Å²) < 4.78 is 5.31. The van der Waals surface area contributed by atoms with Gasteiger partial charge in [0.2, 0.25) is 17.7 Å². The van der Waals surface area contributed by atoms with Gasteiger partial charge in [-0.1, -0.05) is 18.2 Å². The van der Waals surface area contributed by atoms with Gasteiger partial charge >= 0.3 is 0 Å². The van der Waals surface area contributed by atoms with Crippen molar-refractivity contribution in [3.05, 3.63) is 42.2 Å². The van der Waals surface area contributed by atoms with Gasteiger partial charge in [-0.15, -0.1) is 0 Å². The number of rotatable bonds is 7. The highest BCUT2D eigenvalue weighted by Crippen LogP contribution is 2.28. The Morgan fingerprint density at radius 3 is 2.59 bits per heavy atom. The highest BCUT2D eigenvalue weighted by Gasteiger charge is 2.36. The third-order valence-corrected chi connectivity index (χ3v) is 5.27. The van der Waals surface area contributed by atoms with Gasteiger partial charge in [-0.05, 0) is 24.5 Å². The van der Waals surface area contributed by atoms with Crippen LogP contribution in [0.15, 0.2) is 36.7 Å². The second kappa shape index (κ2) is 10.7. The predicted molar refractivity (Wildman–Crippen MR) is 106 cm³/mol. The zero-order valence-electron chi connectivity index (χ0n) is 16.5. The van der Waals surface area contributed by atoms with Crippen LogP contribution >= 0.6 is 0 Å². The van der Waals surface area contributed by atoms with E-state index < -0.39 is 5.92 Å². The molecule has 0 unspecified atom stereocenters. The van der Waals surface area contributed by atoms with Crippen LogP contribution < -0.4 is 10.6 Å². The zero-order valence-corrected chi connectivity index (χ0v) is 16.5. The summed E-state index contributed by atoms with van der Waals surface area (Å²) in [5, 5.41) is 5.64. The molecule has 1 aliphatic heterocycles. The van der Waals surface area contributed by atoms with Crippen LogP contribution in [0.5, 0.6) is 0 Å². The van der Waals surface area contributed by atoms with Crippen molar-refractivity contribution in [3.63, 3.8) is 0 Å². The Kier molecular flexibility index (Phi) is 7.75. The number of morpholine rings is 1. The molecule has 8 nitrogen and oxygen atoms in total. The van der Waals surface area contributed by atoms with Gasteiger partial charge in [-0.25, -0.2) is 0 Å². The minimum atomic E-state index is -0.395. The van der Waals surface area contributed by atoms with Crippen molar-refractivity contribution < 1.29 is 19.1 Å². The second-order valence-electron chi connectivity index (χ2n) is 7.27. The number of aromatic nitrogens is 1. The van der Waals surface area contributed by atoms with Gasteiger partial charge < -0.3 is 20.3 Å². The van der Waals surface area contributed by atoms with Gasteiger partial charge in [0.1, 0.15) is 0 Å². The summed E-state index contributed by atoms with van der Waals surface area (Å²) in [4.78, 5) is 43.3. The normalized spacial score (nSPS) is 21.4. The Labute approximate surface area is 170 Å². The van der Waals surface area contributed by atoms with Gasteiger partial charge in [0.15, 0.2) is 0 Å². The van der Waals surface area contributed by atoms with Gasteiger partial charge in [0.25, 0.3) is 0 Å². The molecule has 0 radical (unpaired) electrons. The monoisotopic (exact) mass is 400 g/mol. The van der Waals surface area contributed by atoms with E-state index in [9.17, 15) is 14.4 Å². The van der Waals surface area contributed by atoms with Crippen LogP contribution in [0.1, 0.15) is 24.8 Å². The highest BCUT2D eigenvalue weighted by atomic mass is 16.5. The lowest BCUT2D eigenvalue weighted by atomic mass is 9.81. The van der Waals surface area contributed by atoms with Crippen molar-refractivity contribution in [1.82, 2.24) is 20.5 Å². The molecule has 2 aliphatic rings. The molecule has 2 N–H and O–H groups in total. The van der Waals surface area contributed by atoms with Crippen LogP contribution in [0.25, 0.3) is 0 Å². The van der Waals surface area contributed by atoms with E-state index in [1.54, 1.807) is 17.3 Å². The van der Waals surface area contributed by atoms with E-state index >= 15 is 0 Å². The molecule has 1 aliphatic carbocycles. The van der Waals surface area contributed by atoms with Gasteiger partial charge in [-0.2, -0.15) is 0 Å². The Bertz CT molecular complexity index is 731. The summed E-state index contributed by atoms with van der Waals surface area (Å²) in [7, 11) is 0. The number of hydrogen-bond acceptors (Lipinski definition) is 5. The zero-order chi connectivity index (χ0) is 20.5. The first kappa shape index (κ1) is 21.0. The Hall–Kier alpha value is -2.74. The van der Waals surface area contributed by atoms with E-state index in [-0.39, 0.29) is 36.6 Å². The van der Waals surface area contributed by atoms with Crippen molar-refractivity contribution in [1.29, 1.82) is 0 Å². The number of ether oxygens (including phenoxy) is 1. The number of nitrogens with zero attached hydrogens (tertiary/aromatic N) is 2. The number of carbonyl (C=O) groups excluding carboxylic acids is 3. The summed E-state index contributed by atoms with van der Waals surface area (Å²) in [5.74, 6) is -1.03. The summed E-state index contributed by atoms with van der Waals surface area (Å²) in [5.41, 5.74) is 0.920. The van der Waals surface area contributed by atoms with Crippen LogP contribution in [0.4, 0.5) is 0 Å². The molecule has 3 rings (SSSR count). The van der Waals surface area contributed by atoms with Crippen molar-refractivity contribution in [2.75, 3.05) is 32.8 Å². The number of amides is 3. The van der Waals surface area contributed by atoms with E-state index in [1.165, 1.54) is 0 Å². The first-order valence-electron chi connectivity index (χ1n) is 10.1. The fourth-order valence-corrected chi connectivity index (χ4v) is 3.62. The molecule has 29 heavy (non-hydrogen) atoms. The molecule has 0 aromatic carbocycles. The number of pyridine rings is 1. The Balaban J connectivity index is 1.43. The molecule has 0 spiro atoms. The maximum absolute atomic E-state index is 12.9. The lowest BCUT2D eigenvalue weighted by molar-refractivity contribution is -0.145. The average molecular weight is 400 g/mol. The van der Waals surface area contributed by atoms with Gasteiger partial charge in [-0.3, -0.25) is 19.4 Å². The van der Waals surface area contributed by atoms with Gasteiger partial charge in [0.05, 0.1) is 25.0 Å². The van der Waals surface area contributed by atoms with Crippen molar-refractivity contribution in [2.24, 2.45) is 11.8 Å². The van der Waals surface area contributed by atoms with Crippen molar-refractivity contribution in [2.45, 2.75) is 25.8 Å². The predicted octanol–water partition coefficient (Wildman–Crippen LogP) is 0.645. The minimum absolute atomic E-state index is 0.0204. The van der Waals surface area contributed by atoms with E-state index in [4.69, 9.17) is 4.74 Å².